The third-order valence-electron chi connectivity index (χ3n) is 3.38. The van der Waals surface area contributed by atoms with E-state index in [4.69, 9.17) is 14.6 Å². The van der Waals surface area contributed by atoms with Gasteiger partial charge in [-0.25, -0.2) is 0 Å². The van der Waals surface area contributed by atoms with Gasteiger partial charge in [-0.2, -0.15) is 0 Å². The summed E-state index contributed by atoms with van der Waals surface area (Å²) in [6, 6.07) is 0. The van der Waals surface area contributed by atoms with Crippen LogP contribution in [0.4, 0.5) is 0 Å². The van der Waals surface area contributed by atoms with Gasteiger partial charge < -0.3 is 34.6 Å². The maximum atomic E-state index is 10.9. The quantitative estimate of drug-likeness (QED) is 0.316. The molecule has 0 aliphatic carbocycles. The molecule has 1 heterocycles. The second kappa shape index (κ2) is 9.29. The van der Waals surface area contributed by atoms with E-state index >= 15 is 0 Å². The first-order valence-corrected chi connectivity index (χ1v) is 7.00. The largest absolute Gasteiger partial charge is 0.469 e. The molecule has 5 unspecified atom stereocenters. The molecule has 0 aromatic heterocycles. The second-order valence-corrected chi connectivity index (χ2v) is 4.95. The van der Waals surface area contributed by atoms with Crippen LogP contribution in [0, 0.1) is 0 Å². The molecular weight excluding hydrogens is 284 g/mol. The van der Waals surface area contributed by atoms with Crippen LogP contribution in [0.3, 0.4) is 0 Å². The Morgan fingerprint density at radius 3 is 2.43 bits per heavy atom. The second-order valence-electron chi connectivity index (χ2n) is 4.95. The molecule has 8 heteroatoms. The minimum Gasteiger partial charge on any atom is -0.469 e. The highest BCUT2D eigenvalue weighted by Gasteiger charge is 2.43. The number of ether oxygens (including phenoxy) is 3. The number of hydrogen-bond acceptors (Lipinski definition) is 8. The van der Waals surface area contributed by atoms with Crippen LogP contribution in [0.15, 0.2) is 0 Å². The SMILES string of the molecule is COC(=O)CCCCCOC1OC(CO)C(O)C(O)C1O. The average Bonchev–Trinajstić information content (AvgIpc) is 2.50. The van der Waals surface area contributed by atoms with Crippen molar-refractivity contribution in [2.24, 2.45) is 0 Å². The number of methoxy groups -OCH3 is 1. The lowest BCUT2D eigenvalue weighted by atomic mass is 9.99. The van der Waals surface area contributed by atoms with E-state index in [1.54, 1.807) is 0 Å². The van der Waals surface area contributed by atoms with Gasteiger partial charge in [0.05, 0.1) is 13.7 Å². The third kappa shape index (κ3) is 5.50. The zero-order chi connectivity index (χ0) is 15.8. The molecule has 0 saturated carbocycles. The van der Waals surface area contributed by atoms with E-state index in [1.807, 2.05) is 0 Å². The molecule has 0 bridgehead atoms. The molecule has 0 aromatic carbocycles. The summed E-state index contributed by atoms with van der Waals surface area (Å²) in [4.78, 5) is 10.9. The van der Waals surface area contributed by atoms with Crippen molar-refractivity contribution < 1.29 is 39.4 Å². The number of carbonyl (C=O) groups excluding carboxylic acids is 1. The molecule has 1 aliphatic heterocycles. The zero-order valence-electron chi connectivity index (χ0n) is 12.1. The van der Waals surface area contributed by atoms with Crippen LogP contribution in [0.2, 0.25) is 0 Å². The predicted molar refractivity (Wildman–Crippen MR) is 70.2 cm³/mol. The van der Waals surface area contributed by atoms with E-state index in [0.29, 0.717) is 19.3 Å². The van der Waals surface area contributed by atoms with Crippen LogP contribution >= 0.6 is 0 Å². The highest BCUT2D eigenvalue weighted by Crippen LogP contribution is 2.22. The molecule has 1 fully saturated rings. The molecular formula is C13H24O8. The molecule has 1 saturated heterocycles. The Morgan fingerprint density at radius 1 is 1.10 bits per heavy atom. The topological polar surface area (TPSA) is 126 Å². The van der Waals surface area contributed by atoms with Gasteiger partial charge in [0.2, 0.25) is 0 Å². The van der Waals surface area contributed by atoms with Crippen molar-refractivity contribution in [2.75, 3.05) is 20.3 Å². The maximum Gasteiger partial charge on any atom is 0.305 e. The van der Waals surface area contributed by atoms with Gasteiger partial charge in [-0.05, 0) is 12.8 Å². The molecule has 0 radical (unpaired) electrons. The van der Waals surface area contributed by atoms with E-state index in [2.05, 4.69) is 4.74 Å². The van der Waals surface area contributed by atoms with Crippen LogP contribution in [-0.4, -0.2) is 77.4 Å². The normalized spacial score (nSPS) is 32.9. The van der Waals surface area contributed by atoms with Gasteiger partial charge >= 0.3 is 5.97 Å². The summed E-state index contributed by atoms with van der Waals surface area (Å²) < 4.78 is 15.0. The van der Waals surface area contributed by atoms with Crippen molar-refractivity contribution >= 4 is 5.97 Å². The Balaban J connectivity index is 2.23. The standard InChI is InChI=1S/C13H24O8/c1-19-9(15)5-3-2-4-6-20-13-12(18)11(17)10(16)8(7-14)21-13/h8,10-14,16-18H,2-7H2,1H3. The highest BCUT2D eigenvalue weighted by atomic mass is 16.7. The van der Waals surface area contributed by atoms with Crippen molar-refractivity contribution in [2.45, 2.75) is 56.4 Å². The summed E-state index contributed by atoms with van der Waals surface area (Å²) in [6.07, 6.45) is -3.85. The maximum absolute atomic E-state index is 10.9. The van der Waals surface area contributed by atoms with Gasteiger partial charge in [0.25, 0.3) is 0 Å². The van der Waals surface area contributed by atoms with E-state index in [0.717, 1.165) is 6.42 Å². The Hall–Kier alpha value is -0.770. The van der Waals surface area contributed by atoms with Gasteiger partial charge in [0.15, 0.2) is 6.29 Å². The Labute approximate surface area is 123 Å². The van der Waals surface area contributed by atoms with E-state index < -0.39 is 37.3 Å². The number of aliphatic hydroxyl groups excluding tert-OH is 4. The van der Waals surface area contributed by atoms with Gasteiger partial charge in [-0.15, -0.1) is 0 Å². The van der Waals surface area contributed by atoms with Crippen molar-refractivity contribution in [1.29, 1.82) is 0 Å². The van der Waals surface area contributed by atoms with Crippen LogP contribution in [0.25, 0.3) is 0 Å². The monoisotopic (exact) mass is 308 g/mol. The van der Waals surface area contributed by atoms with Crippen LogP contribution in [-0.2, 0) is 19.0 Å². The van der Waals surface area contributed by atoms with E-state index in [1.165, 1.54) is 7.11 Å². The van der Waals surface area contributed by atoms with Crippen LogP contribution < -0.4 is 0 Å². The summed E-state index contributed by atoms with van der Waals surface area (Å²) in [5.74, 6) is -0.259. The van der Waals surface area contributed by atoms with Gasteiger partial charge in [0, 0.05) is 13.0 Å². The number of aliphatic hydroxyl groups is 4. The minimum absolute atomic E-state index is 0.259. The van der Waals surface area contributed by atoms with Gasteiger partial charge in [-0.3, -0.25) is 4.79 Å². The average molecular weight is 308 g/mol. The van der Waals surface area contributed by atoms with Crippen LogP contribution in [0.1, 0.15) is 25.7 Å². The molecule has 124 valence electrons. The fourth-order valence-electron chi connectivity index (χ4n) is 2.05. The first-order chi connectivity index (χ1) is 10.0. The van der Waals surface area contributed by atoms with Gasteiger partial charge in [-0.1, -0.05) is 6.42 Å². The predicted octanol–water partition coefficient (Wildman–Crippen LogP) is -1.46. The Morgan fingerprint density at radius 2 is 1.81 bits per heavy atom. The molecule has 5 atom stereocenters. The van der Waals surface area contributed by atoms with E-state index in [-0.39, 0.29) is 12.6 Å². The van der Waals surface area contributed by atoms with E-state index in [9.17, 15) is 20.1 Å². The summed E-state index contributed by atoms with van der Waals surface area (Å²) in [7, 11) is 1.34. The number of unbranched alkanes of at least 4 members (excludes halogenated alkanes) is 2. The summed E-state index contributed by atoms with van der Waals surface area (Å²) >= 11 is 0. The molecule has 21 heavy (non-hydrogen) atoms. The molecule has 1 rings (SSSR count). The number of hydrogen-bond donors (Lipinski definition) is 4. The van der Waals surface area contributed by atoms with Gasteiger partial charge in [0.1, 0.15) is 24.4 Å². The lowest BCUT2D eigenvalue weighted by molar-refractivity contribution is -0.301. The Bertz CT molecular complexity index is 309. The number of carbonyl (C=O) groups is 1. The fourth-order valence-corrected chi connectivity index (χ4v) is 2.05. The summed E-state index contributed by atoms with van der Waals surface area (Å²) in [6.45, 7) is -0.214. The van der Waals surface area contributed by atoms with Crippen molar-refractivity contribution in [1.82, 2.24) is 0 Å². The molecule has 4 N–H and O–H groups in total. The fraction of sp³-hybridized carbons (Fsp3) is 0.923. The highest BCUT2D eigenvalue weighted by molar-refractivity contribution is 5.68. The third-order valence-corrected chi connectivity index (χ3v) is 3.38. The van der Waals surface area contributed by atoms with Crippen molar-refractivity contribution in [3.63, 3.8) is 0 Å². The van der Waals surface area contributed by atoms with Crippen LogP contribution in [0.5, 0.6) is 0 Å². The zero-order valence-corrected chi connectivity index (χ0v) is 12.1. The Kier molecular flexibility index (Phi) is 8.09. The summed E-state index contributed by atoms with van der Waals surface area (Å²) in [5.41, 5.74) is 0. The smallest absolute Gasteiger partial charge is 0.305 e. The molecule has 8 nitrogen and oxygen atoms in total. The summed E-state index contributed by atoms with van der Waals surface area (Å²) in [5, 5.41) is 37.9. The lowest BCUT2D eigenvalue weighted by Gasteiger charge is -2.39. The molecule has 0 amide bonds. The number of esters is 1. The molecule has 0 aromatic rings. The minimum atomic E-state index is -1.43. The lowest BCUT2D eigenvalue weighted by Crippen LogP contribution is -2.59. The van der Waals surface area contributed by atoms with Crippen molar-refractivity contribution in [3.8, 4) is 0 Å². The molecule has 0 spiro atoms. The first-order valence-electron chi connectivity index (χ1n) is 7.00. The molecule has 1 aliphatic rings. The van der Waals surface area contributed by atoms with Crippen molar-refractivity contribution in [3.05, 3.63) is 0 Å². The first kappa shape index (κ1) is 18.3. The number of rotatable bonds is 8.